The van der Waals surface area contributed by atoms with E-state index in [1.807, 2.05) is 0 Å². The molecule has 4 aliphatic carbocycles. The Morgan fingerprint density at radius 3 is 2.72 bits per heavy atom. The number of ether oxygens (including phenoxy) is 1. The third-order valence-corrected chi connectivity index (χ3v) is 8.91. The smallest absolute Gasteiger partial charge is 0.315 e. The van der Waals surface area contributed by atoms with Crippen molar-refractivity contribution in [3.8, 4) is 0 Å². The van der Waals surface area contributed by atoms with E-state index < -0.39 is 46.3 Å². The van der Waals surface area contributed by atoms with E-state index in [-0.39, 0.29) is 18.4 Å². The first kappa shape index (κ1) is 16.1. The molecule has 0 aromatic rings. The molecule has 1 saturated heterocycles. The molecule has 0 unspecified atom stereocenters. The Balaban J connectivity index is 1.71. The first-order valence-corrected chi connectivity index (χ1v) is 9.56. The standard InChI is InChI=1S/C19H26O6/c1-17-12(21)4-5-19(25-16(17)24)11-3-2-9-6-18(11,7-10(9)8-20)13(14(17)19)15(22)23/h9-14,20-21H,2-8H2,1H3,(H,22,23)/t9-,10+,11-,12+,13-,14-,17-,18-,19-/m1/s1. The minimum absolute atomic E-state index is 0.0391. The molecular weight excluding hydrogens is 324 g/mol. The highest BCUT2D eigenvalue weighted by Crippen LogP contribution is 2.77. The molecule has 5 aliphatic rings. The van der Waals surface area contributed by atoms with Crippen molar-refractivity contribution in [3.05, 3.63) is 0 Å². The molecule has 0 aromatic heterocycles. The number of carboxylic acids is 1. The Bertz CT molecular complexity index is 662. The molecule has 0 radical (unpaired) electrons. The van der Waals surface area contributed by atoms with E-state index in [9.17, 15) is 24.9 Å². The molecule has 5 rings (SSSR count). The minimum atomic E-state index is -1.12. The van der Waals surface area contributed by atoms with Gasteiger partial charge >= 0.3 is 11.9 Å². The summed E-state index contributed by atoms with van der Waals surface area (Å²) in [6, 6.07) is 0. The highest BCUT2D eigenvalue weighted by Gasteiger charge is 2.83. The van der Waals surface area contributed by atoms with Crippen molar-refractivity contribution in [1.82, 2.24) is 0 Å². The van der Waals surface area contributed by atoms with Gasteiger partial charge in [-0.2, -0.15) is 0 Å². The van der Waals surface area contributed by atoms with Gasteiger partial charge in [-0.05, 0) is 62.7 Å². The Morgan fingerprint density at radius 2 is 2.04 bits per heavy atom. The van der Waals surface area contributed by atoms with Crippen LogP contribution in [0, 0.1) is 40.4 Å². The number of aliphatic hydroxyl groups is 2. The van der Waals surface area contributed by atoms with Crippen LogP contribution in [0.3, 0.4) is 0 Å². The molecular formula is C19H26O6. The monoisotopic (exact) mass is 350 g/mol. The Labute approximate surface area is 146 Å². The van der Waals surface area contributed by atoms with Gasteiger partial charge in [-0.3, -0.25) is 9.59 Å². The second-order valence-corrected chi connectivity index (χ2v) is 9.45. The fourth-order valence-electron chi connectivity index (χ4n) is 8.10. The van der Waals surface area contributed by atoms with Crippen LogP contribution in [0.5, 0.6) is 0 Å². The van der Waals surface area contributed by atoms with Crippen molar-refractivity contribution in [2.75, 3.05) is 6.61 Å². The average molecular weight is 350 g/mol. The molecule has 5 fully saturated rings. The van der Waals surface area contributed by atoms with Gasteiger partial charge in [0.15, 0.2) is 0 Å². The lowest BCUT2D eigenvalue weighted by molar-refractivity contribution is -0.162. The largest absolute Gasteiger partial charge is 0.481 e. The van der Waals surface area contributed by atoms with E-state index in [1.165, 1.54) is 0 Å². The van der Waals surface area contributed by atoms with Gasteiger partial charge in [0.25, 0.3) is 0 Å². The van der Waals surface area contributed by atoms with Gasteiger partial charge in [-0.15, -0.1) is 0 Å². The topological polar surface area (TPSA) is 104 Å². The summed E-state index contributed by atoms with van der Waals surface area (Å²) in [5.74, 6) is -1.87. The minimum Gasteiger partial charge on any atom is -0.481 e. The van der Waals surface area contributed by atoms with Crippen LogP contribution in [0.15, 0.2) is 0 Å². The van der Waals surface area contributed by atoms with E-state index in [0.717, 1.165) is 19.3 Å². The van der Waals surface area contributed by atoms with Crippen molar-refractivity contribution < 1.29 is 29.6 Å². The average Bonchev–Trinajstić information content (AvgIpc) is 3.06. The molecule has 6 heteroatoms. The molecule has 0 amide bonds. The number of carbonyl (C=O) groups excluding carboxylic acids is 1. The number of esters is 1. The van der Waals surface area contributed by atoms with Crippen molar-refractivity contribution in [1.29, 1.82) is 0 Å². The van der Waals surface area contributed by atoms with Crippen LogP contribution in [0.2, 0.25) is 0 Å². The van der Waals surface area contributed by atoms with Crippen LogP contribution < -0.4 is 0 Å². The summed E-state index contributed by atoms with van der Waals surface area (Å²) >= 11 is 0. The van der Waals surface area contributed by atoms with Gasteiger partial charge in [0.1, 0.15) is 5.60 Å². The summed E-state index contributed by atoms with van der Waals surface area (Å²) in [5.41, 5.74) is -2.26. The quantitative estimate of drug-likeness (QED) is 0.646. The lowest BCUT2D eigenvalue weighted by Gasteiger charge is -2.44. The summed E-state index contributed by atoms with van der Waals surface area (Å²) in [6.45, 7) is 1.81. The zero-order valence-corrected chi connectivity index (χ0v) is 14.5. The third kappa shape index (κ3) is 1.52. The maximum absolute atomic E-state index is 12.7. The summed E-state index contributed by atoms with van der Waals surface area (Å²) < 4.78 is 6.01. The molecule has 4 bridgehead atoms. The predicted molar refractivity (Wildman–Crippen MR) is 85.2 cm³/mol. The highest BCUT2D eigenvalue weighted by molar-refractivity contribution is 5.85. The fraction of sp³-hybridized carbons (Fsp3) is 0.895. The van der Waals surface area contributed by atoms with Crippen molar-refractivity contribution in [3.63, 3.8) is 0 Å². The summed E-state index contributed by atoms with van der Waals surface area (Å²) in [6.07, 6.45) is 3.55. The van der Waals surface area contributed by atoms with Crippen LogP contribution in [0.4, 0.5) is 0 Å². The van der Waals surface area contributed by atoms with Crippen molar-refractivity contribution in [2.45, 2.75) is 57.2 Å². The molecule has 1 aliphatic heterocycles. The SMILES string of the molecule is C[C@@]12C(=O)O[C@]3(CC[C@@H]1O)[C@@H]1CC[C@@H]4C[C@]1(C[C@H]4CO)[C@@H](C(=O)O)[C@@H]32. The summed E-state index contributed by atoms with van der Waals surface area (Å²) in [7, 11) is 0. The lowest BCUT2D eigenvalue weighted by Crippen LogP contribution is -2.53. The van der Waals surface area contributed by atoms with E-state index in [1.54, 1.807) is 6.92 Å². The van der Waals surface area contributed by atoms with Crippen LogP contribution in [-0.2, 0) is 14.3 Å². The Hall–Kier alpha value is -1.14. The maximum Gasteiger partial charge on any atom is 0.315 e. The van der Waals surface area contributed by atoms with Crippen LogP contribution in [0.25, 0.3) is 0 Å². The van der Waals surface area contributed by atoms with Gasteiger partial charge in [-0.1, -0.05) is 0 Å². The van der Waals surface area contributed by atoms with Crippen molar-refractivity contribution in [2.24, 2.45) is 40.4 Å². The number of aliphatic carboxylic acids is 1. The zero-order chi connectivity index (χ0) is 17.8. The van der Waals surface area contributed by atoms with E-state index in [0.29, 0.717) is 25.2 Å². The van der Waals surface area contributed by atoms with Gasteiger partial charge in [0.05, 0.1) is 17.4 Å². The van der Waals surface area contributed by atoms with Gasteiger partial charge in [0.2, 0.25) is 0 Å². The fourth-order valence-corrected chi connectivity index (χ4v) is 8.10. The van der Waals surface area contributed by atoms with E-state index >= 15 is 0 Å². The number of fused-ring (bicyclic) bond motifs is 1. The number of aliphatic hydroxyl groups excluding tert-OH is 2. The summed E-state index contributed by atoms with van der Waals surface area (Å²) in [4.78, 5) is 25.2. The molecule has 4 saturated carbocycles. The number of rotatable bonds is 2. The molecule has 25 heavy (non-hydrogen) atoms. The molecule has 138 valence electrons. The van der Waals surface area contributed by atoms with Crippen molar-refractivity contribution >= 4 is 11.9 Å². The third-order valence-electron chi connectivity index (χ3n) is 8.91. The van der Waals surface area contributed by atoms with Crippen LogP contribution in [0.1, 0.15) is 45.4 Å². The van der Waals surface area contributed by atoms with Gasteiger partial charge < -0.3 is 20.1 Å². The zero-order valence-electron chi connectivity index (χ0n) is 14.5. The van der Waals surface area contributed by atoms with Crippen LogP contribution in [-0.4, -0.2) is 45.6 Å². The van der Waals surface area contributed by atoms with E-state index in [2.05, 4.69) is 0 Å². The first-order valence-electron chi connectivity index (χ1n) is 9.56. The normalized spacial score (nSPS) is 58.6. The molecule has 3 N–H and O–H groups in total. The molecule has 1 heterocycles. The lowest BCUT2D eigenvalue weighted by atomic mass is 9.59. The Morgan fingerprint density at radius 1 is 1.28 bits per heavy atom. The molecule has 1 spiro atoms. The number of hydrogen-bond donors (Lipinski definition) is 3. The summed E-state index contributed by atoms with van der Waals surface area (Å²) in [5, 5.41) is 30.6. The number of hydrogen-bond acceptors (Lipinski definition) is 5. The maximum atomic E-state index is 12.7. The first-order chi connectivity index (χ1) is 11.8. The highest BCUT2D eigenvalue weighted by atomic mass is 16.6. The second-order valence-electron chi connectivity index (χ2n) is 9.45. The molecule has 0 aromatic carbocycles. The molecule has 9 atom stereocenters. The Kier molecular flexibility index (Phi) is 2.94. The van der Waals surface area contributed by atoms with Crippen LogP contribution >= 0.6 is 0 Å². The predicted octanol–water partition coefficient (Wildman–Crippen LogP) is 1.19. The van der Waals surface area contributed by atoms with E-state index in [4.69, 9.17) is 4.74 Å². The van der Waals surface area contributed by atoms with Gasteiger partial charge in [-0.25, -0.2) is 0 Å². The second kappa shape index (κ2) is 4.58. The number of carbonyl (C=O) groups is 2. The number of carboxylic acid groups (broad SMARTS) is 1. The van der Waals surface area contributed by atoms with Gasteiger partial charge in [0, 0.05) is 18.4 Å². The molecule has 6 nitrogen and oxygen atoms in total.